The van der Waals surface area contributed by atoms with Gasteiger partial charge in [-0.2, -0.15) is 4.31 Å². The van der Waals surface area contributed by atoms with Crippen molar-refractivity contribution >= 4 is 10.0 Å². The first-order valence-corrected chi connectivity index (χ1v) is 6.95. The summed E-state index contributed by atoms with van der Waals surface area (Å²) in [6.45, 7) is 0.924. The molecule has 2 atom stereocenters. The molecule has 94 valence electrons. The summed E-state index contributed by atoms with van der Waals surface area (Å²) in [5, 5.41) is 18.3. The molecule has 0 saturated carbocycles. The first kappa shape index (κ1) is 12.3. The average Bonchev–Trinajstić information content (AvgIpc) is 2.61. The molecule has 2 unspecified atom stereocenters. The topological polar surface area (TPSA) is 87.1 Å². The van der Waals surface area contributed by atoms with Crippen molar-refractivity contribution in [3.63, 3.8) is 0 Å². The van der Waals surface area contributed by atoms with Gasteiger partial charge in [0.15, 0.2) is 0 Å². The van der Waals surface area contributed by atoms with E-state index < -0.39 is 27.5 Å². The highest BCUT2D eigenvalue weighted by molar-refractivity contribution is 7.89. The van der Waals surface area contributed by atoms with Crippen molar-refractivity contribution in [3.05, 3.63) is 0 Å². The third kappa shape index (κ3) is 2.23. The maximum absolute atomic E-state index is 12.1. The highest BCUT2D eigenvalue weighted by Crippen LogP contribution is 2.23. The molecule has 7 heteroatoms. The minimum atomic E-state index is -3.39. The van der Waals surface area contributed by atoms with Crippen molar-refractivity contribution in [3.8, 4) is 0 Å². The van der Waals surface area contributed by atoms with Crippen LogP contribution in [0.1, 0.15) is 12.8 Å². The molecule has 0 aromatic carbocycles. The summed E-state index contributed by atoms with van der Waals surface area (Å²) >= 11 is 0. The monoisotopic (exact) mass is 251 g/mol. The van der Waals surface area contributed by atoms with Gasteiger partial charge in [0.2, 0.25) is 10.0 Å². The van der Waals surface area contributed by atoms with Crippen LogP contribution in [0.3, 0.4) is 0 Å². The standard InChI is InChI=1S/C9H17NO5S/c11-8-5-10(6-9(8)12)16(13,14)7-1-3-15-4-2-7/h7-9,11-12H,1-6H2. The van der Waals surface area contributed by atoms with E-state index >= 15 is 0 Å². The second-order valence-electron chi connectivity index (χ2n) is 4.31. The van der Waals surface area contributed by atoms with Gasteiger partial charge in [-0.15, -0.1) is 0 Å². The van der Waals surface area contributed by atoms with Crippen LogP contribution in [0, 0.1) is 0 Å². The second kappa shape index (κ2) is 4.58. The van der Waals surface area contributed by atoms with Crippen LogP contribution in [0.25, 0.3) is 0 Å². The second-order valence-corrected chi connectivity index (χ2v) is 6.52. The molecule has 2 aliphatic heterocycles. The van der Waals surface area contributed by atoms with Crippen LogP contribution < -0.4 is 0 Å². The van der Waals surface area contributed by atoms with Gasteiger partial charge in [0.05, 0.1) is 17.5 Å². The summed E-state index contributed by atoms with van der Waals surface area (Å²) in [7, 11) is -3.39. The molecule has 16 heavy (non-hydrogen) atoms. The number of β-amino-alcohol motifs (C(OH)–C–C–N with tert-alkyl or cyclic N) is 2. The number of sulfonamides is 1. The quantitative estimate of drug-likeness (QED) is 0.626. The predicted molar refractivity (Wildman–Crippen MR) is 56.3 cm³/mol. The van der Waals surface area contributed by atoms with E-state index in [1.54, 1.807) is 0 Å². The third-order valence-electron chi connectivity index (χ3n) is 3.17. The lowest BCUT2D eigenvalue weighted by molar-refractivity contribution is 0.0572. The Morgan fingerprint density at radius 3 is 2.06 bits per heavy atom. The normalized spacial score (nSPS) is 34.4. The zero-order valence-corrected chi connectivity index (χ0v) is 9.77. The Labute approximate surface area is 94.9 Å². The number of ether oxygens (including phenoxy) is 1. The van der Waals surface area contributed by atoms with Gasteiger partial charge in [-0.3, -0.25) is 0 Å². The van der Waals surface area contributed by atoms with E-state index in [0.29, 0.717) is 26.1 Å². The van der Waals surface area contributed by atoms with Gasteiger partial charge in [-0.1, -0.05) is 0 Å². The van der Waals surface area contributed by atoms with Crippen LogP contribution in [0.4, 0.5) is 0 Å². The van der Waals surface area contributed by atoms with Gasteiger partial charge in [0.1, 0.15) is 0 Å². The Kier molecular flexibility index (Phi) is 3.50. The number of aliphatic hydroxyl groups excluding tert-OH is 2. The molecule has 2 rings (SSSR count). The number of rotatable bonds is 2. The fourth-order valence-corrected chi connectivity index (χ4v) is 4.06. The van der Waals surface area contributed by atoms with Crippen LogP contribution >= 0.6 is 0 Å². The Balaban J connectivity index is 2.07. The Morgan fingerprint density at radius 2 is 1.56 bits per heavy atom. The van der Waals surface area contributed by atoms with E-state index in [2.05, 4.69) is 0 Å². The average molecular weight is 251 g/mol. The molecule has 2 heterocycles. The van der Waals surface area contributed by atoms with Crippen molar-refractivity contribution in [2.45, 2.75) is 30.3 Å². The fourth-order valence-electron chi connectivity index (χ4n) is 2.13. The van der Waals surface area contributed by atoms with Gasteiger partial charge >= 0.3 is 0 Å². The molecule has 0 radical (unpaired) electrons. The maximum atomic E-state index is 12.1. The molecular weight excluding hydrogens is 234 g/mol. The zero-order valence-electron chi connectivity index (χ0n) is 8.95. The lowest BCUT2D eigenvalue weighted by Crippen LogP contribution is -2.40. The summed E-state index contributed by atoms with van der Waals surface area (Å²) in [6.07, 6.45) is -0.944. The summed E-state index contributed by atoms with van der Waals surface area (Å²) in [5.74, 6) is 0. The predicted octanol–water partition coefficient (Wildman–Crippen LogP) is -1.47. The first-order valence-electron chi connectivity index (χ1n) is 5.44. The summed E-state index contributed by atoms with van der Waals surface area (Å²) in [6, 6.07) is 0. The molecule has 0 aliphatic carbocycles. The van der Waals surface area contributed by atoms with E-state index in [0.717, 1.165) is 0 Å². The highest BCUT2D eigenvalue weighted by atomic mass is 32.2. The zero-order chi connectivity index (χ0) is 11.8. The molecule has 2 N–H and O–H groups in total. The molecule has 0 aromatic rings. The number of hydrogen-bond acceptors (Lipinski definition) is 5. The number of nitrogens with zero attached hydrogens (tertiary/aromatic N) is 1. The van der Waals surface area contributed by atoms with Crippen LogP contribution in [0.5, 0.6) is 0 Å². The lowest BCUT2D eigenvalue weighted by atomic mass is 10.2. The van der Waals surface area contributed by atoms with Gasteiger partial charge < -0.3 is 14.9 Å². The van der Waals surface area contributed by atoms with Crippen LogP contribution in [-0.2, 0) is 14.8 Å². The van der Waals surface area contributed by atoms with E-state index in [-0.39, 0.29) is 13.1 Å². The Hall–Kier alpha value is -0.210. The number of hydrogen-bond donors (Lipinski definition) is 2. The highest BCUT2D eigenvalue weighted by Gasteiger charge is 2.40. The largest absolute Gasteiger partial charge is 0.389 e. The van der Waals surface area contributed by atoms with Crippen molar-refractivity contribution in [2.24, 2.45) is 0 Å². The van der Waals surface area contributed by atoms with Crippen molar-refractivity contribution in [1.82, 2.24) is 4.31 Å². The fraction of sp³-hybridized carbons (Fsp3) is 1.00. The molecule has 2 saturated heterocycles. The molecule has 6 nitrogen and oxygen atoms in total. The molecular formula is C9H17NO5S. The Bertz CT molecular complexity index is 328. The van der Waals surface area contributed by atoms with Gasteiger partial charge in [-0.05, 0) is 12.8 Å². The van der Waals surface area contributed by atoms with E-state index in [1.165, 1.54) is 4.31 Å². The summed E-state index contributed by atoms with van der Waals surface area (Å²) in [4.78, 5) is 0. The van der Waals surface area contributed by atoms with Crippen LogP contribution in [-0.4, -0.2) is 66.7 Å². The van der Waals surface area contributed by atoms with Gasteiger partial charge in [0.25, 0.3) is 0 Å². The van der Waals surface area contributed by atoms with Gasteiger partial charge in [-0.25, -0.2) is 8.42 Å². The maximum Gasteiger partial charge on any atom is 0.217 e. The third-order valence-corrected chi connectivity index (χ3v) is 5.51. The molecule has 0 bridgehead atoms. The van der Waals surface area contributed by atoms with Crippen molar-refractivity contribution < 1.29 is 23.4 Å². The van der Waals surface area contributed by atoms with Gasteiger partial charge in [0, 0.05) is 26.3 Å². The van der Waals surface area contributed by atoms with Crippen LogP contribution in [0.15, 0.2) is 0 Å². The summed E-state index contributed by atoms with van der Waals surface area (Å²) in [5.41, 5.74) is 0. The SMILES string of the molecule is O=S(=O)(C1CCOCC1)N1CC(O)C(O)C1. The minimum Gasteiger partial charge on any atom is -0.389 e. The van der Waals surface area contributed by atoms with E-state index in [4.69, 9.17) is 4.74 Å². The lowest BCUT2D eigenvalue weighted by Gasteiger charge is -2.26. The van der Waals surface area contributed by atoms with Crippen molar-refractivity contribution in [1.29, 1.82) is 0 Å². The van der Waals surface area contributed by atoms with Crippen molar-refractivity contribution in [2.75, 3.05) is 26.3 Å². The summed E-state index contributed by atoms with van der Waals surface area (Å²) < 4.78 is 30.6. The van der Waals surface area contributed by atoms with E-state index in [9.17, 15) is 18.6 Å². The van der Waals surface area contributed by atoms with Crippen LogP contribution in [0.2, 0.25) is 0 Å². The molecule has 0 amide bonds. The van der Waals surface area contributed by atoms with E-state index in [1.807, 2.05) is 0 Å². The molecule has 2 fully saturated rings. The molecule has 0 spiro atoms. The minimum absolute atomic E-state index is 0.000850. The molecule has 0 aromatic heterocycles. The number of aliphatic hydroxyl groups is 2. The Morgan fingerprint density at radius 1 is 1.06 bits per heavy atom. The first-order chi connectivity index (χ1) is 7.51. The smallest absolute Gasteiger partial charge is 0.217 e. The molecule has 2 aliphatic rings.